The lowest BCUT2D eigenvalue weighted by molar-refractivity contribution is 0.565. The van der Waals surface area contributed by atoms with Gasteiger partial charge in [0, 0.05) is 13.1 Å². The Labute approximate surface area is 152 Å². The van der Waals surface area contributed by atoms with Crippen molar-refractivity contribution in [3.8, 4) is 0 Å². The number of nitrogens with one attached hydrogen (secondary N) is 2. The molecule has 0 aliphatic carbocycles. The lowest BCUT2D eigenvalue weighted by atomic mass is 10.1. The molecule has 0 atom stereocenters. The topological polar surface area (TPSA) is 102 Å². The summed E-state index contributed by atoms with van der Waals surface area (Å²) in [5.41, 5.74) is 1.93. The van der Waals surface area contributed by atoms with Gasteiger partial charge < -0.3 is 5.32 Å². The van der Waals surface area contributed by atoms with Crippen LogP contribution in [0.25, 0.3) is 11.0 Å². The van der Waals surface area contributed by atoms with Crippen molar-refractivity contribution < 1.29 is 8.42 Å². The minimum atomic E-state index is -3.21. The van der Waals surface area contributed by atoms with Gasteiger partial charge in [-0.1, -0.05) is 30.3 Å². The summed E-state index contributed by atoms with van der Waals surface area (Å²) >= 11 is 0. The van der Waals surface area contributed by atoms with Crippen molar-refractivity contribution in [2.45, 2.75) is 19.9 Å². The zero-order valence-electron chi connectivity index (χ0n) is 14.6. The molecule has 1 aromatic carbocycles. The van der Waals surface area contributed by atoms with E-state index in [1.807, 2.05) is 18.2 Å². The van der Waals surface area contributed by atoms with Gasteiger partial charge in [-0.15, -0.1) is 0 Å². The number of fused-ring (bicyclic) bond motifs is 1. The van der Waals surface area contributed by atoms with E-state index in [-0.39, 0.29) is 12.3 Å². The maximum atomic E-state index is 11.5. The zero-order chi connectivity index (χ0) is 18.4. The van der Waals surface area contributed by atoms with Gasteiger partial charge >= 0.3 is 0 Å². The third-order valence-electron chi connectivity index (χ3n) is 4.01. The first kappa shape index (κ1) is 18.3. The van der Waals surface area contributed by atoms with Crippen LogP contribution in [-0.4, -0.2) is 47.0 Å². The number of hydrogen-bond donors (Lipinski definition) is 2. The van der Waals surface area contributed by atoms with Crippen LogP contribution in [0.2, 0.25) is 0 Å². The number of hydrogen-bond acceptors (Lipinski definition) is 6. The smallest absolute Gasteiger partial charge is 0.211 e. The molecule has 3 aromatic rings. The molecule has 2 N–H and O–H groups in total. The summed E-state index contributed by atoms with van der Waals surface area (Å²) in [6.07, 6.45) is 4.08. The summed E-state index contributed by atoms with van der Waals surface area (Å²) in [6, 6.07) is 10.2. The van der Waals surface area contributed by atoms with E-state index >= 15 is 0 Å². The second kappa shape index (κ2) is 8.24. The normalized spacial score (nSPS) is 11.7. The van der Waals surface area contributed by atoms with Gasteiger partial charge in [0.15, 0.2) is 5.65 Å². The highest BCUT2D eigenvalue weighted by Gasteiger charge is 2.11. The molecule has 3 rings (SSSR count). The average Bonchev–Trinajstić information content (AvgIpc) is 3.07. The predicted octanol–water partition coefficient (Wildman–Crippen LogP) is 1.42. The molecule has 0 unspecified atom stereocenters. The first-order valence-electron chi connectivity index (χ1n) is 8.50. The molecule has 8 nitrogen and oxygen atoms in total. The summed E-state index contributed by atoms with van der Waals surface area (Å²) in [7, 11) is -3.21. The lowest BCUT2D eigenvalue weighted by Crippen LogP contribution is -2.28. The third-order valence-corrected chi connectivity index (χ3v) is 5.41. The molecule has 0 spiro atoms. The fourth-order valence-corrected chi connectivity index (χ4v) is 3.18. The van der Waals surface area contributed by atoms with Crippen molar-refractivity contribution in [2.24, 2.45) is 0 Å². The molecular weight excluding hydrogens is 352 g/mol. The lowest BCUT2D eigenvalue weighted by Gasteiger charge is -2.07. The van der Waals surface area contributed by atoms with Crippen LogP contribution in [0.15, 0.2) is 42.9 Å². The first-order chi connectivity index (χ1) is 12.6. The second-order valence-corrected chi connectivity index (χ2v) is 7.88. The molecule has 0 bridgehead atoms. The van der Waals surface area contributed by atoms with Crippen molar-refractivity contribution in [3.05, 3.63) is 48.4 Å². The second-order valence-electron chi connectivity index (χ2n) is 5.79. The van der Waals surface area contributed by atoms with Crippen LogP contribution in [0.1, 0.15) is 12.5 Å². The Hall–Kier alpha value is -2.52. The van der Waals surface area contributed by atoms with E-state index in [0.717, 1.165) is 24.2 Å². The maximum Gasteiger partial charge on any atom is 0.211 e. The van der Waals surface area contributed by atoms with Crippen LogP contribution >= 0.6 is 0 Å². The minimum absolute atomic E-state index is 0.0600. The van der Waals surface area contributed by atoms with Gasteiger partial charge in [-0.05, 0) is 18.9 Å². The van der Waals surface area contributed by atoms with Gasteiger partial charge in [0.05, 0.1) is 23.9 Å². The number of sulfonamides is 1. The van der Waals surface area contributed by atoms with Crippen LogP contribution in [-0.2, 0) is 23.0 Å². The van der Waals surface area contributed by atoms with Crippen molar-refractivity contribution in [1.29, 1.82) is 0 Å². The van der Waals surface area contributed by atoms with Gasteiger partial charge in [-0.3, -0.25) is 0 Å². The van der Waals surface area contributed by atoms with Gasteiger partial charge in [0.25, 0.3) is 0 Å². The van der Waals surface area contributed by atoms with E-state index in [1.54, 1.807) is 17.8 Å². The molecule has 26 heavy (non-hydrogen) atoms. The maximum absolute atomic E-state index is 11.5. The number of benzene rings is 1. The SMILES string of the molecule is CCS(=O)(=O)NCCn1ncc2c(NCCc3ccccc3)ncnc21. The minimum Gasteiger partial charge on any atom is -0.369 e. The van der Waals surface area contributed by atoms with Crippen LogP contribution in [0, 0.1) is 0 Å². The van der Waals surface area contributed by atoms with Crippen LogP contribution in [0.4, 0.5) is 5.82 Å². The number of nitrogens with zero attached hydrogens (tertiary/aromatic N) is 4. The fraction of sp³-hybridized carbons (Fsp3) is 0.353. The Balaban J connectivity index is 1.64. The van der Waals surface area contributed by atoms with Crippen LogP contribution in [0.5, 0.6) is 0 Å². The summed E-state index contributed by atoms with van der Waals surface area (Å²) in [6.45, 7) is 3.03. The quantitative estimate of drug-likeness (QED) is 0.587. The van der Waals surface area contributed by atoms with Crippen molar-refractivity contribution in [3.63, 3.8) is 0 Å². The highest BCUT2D eigenvalue weighted by molar-refractivity contribution is 7.89. The molecule has 0 saturated heterocycles. The molecule has 0 fully saturated rings. The highest BCUT2D eigenvalue weighted by atomic mass is 32.2. The third kappa shape index (κ3) is 4.55. The van der Waals surface area contributed by atoms with Gasteiger partial charge in [0.1, 0.15) is 12.1 Å². The Kier molecular flexibility index (Phi) is 5.79. The summed E-state index contributed by atoms with van der Waals surface area (Å²) in [5.74, 6) is 0.788. The standard InChI is InChI=1S/C17H22N6O2S/c1-2-26(24,25)22-10-11-23-17-15(12-21-23)16(19-13-20-17)18-9-8-14-6-4-3-5-7-14/h3-7,12-13,22H,2,8-11H2,1H3,(H,18,19,20). The van der Waals surface area contributed by atoms with Crippen LogP contribution < -0.4 is 10.0 Å². The van der Waals surface area contributed by atoms with Crippen molar-refractivity contribution in [2.75, 3.05) is 24.2 Å². The fourth-order valence-electron chi connectivity index (χ4n) is 2.58. The number of rotatable bonds is 9. The Morgan fingerprint density at radius 1 is 1.12 bits per heavy atom. The van der Waals surface area contributed by atoms with E-state index in [4.69, 9.17) is 0 Å². The van der Waals surface area contributed by atoms with Crippen molar-refractivity contribution >= 4 is 26.9 Å². The number of aromatic nitrogens is 4. The van der Waals surface area contributed by atoms with E-state index in [9.17, 15) is 8.42 Å². The first-order valence-corrected chi connectivity index (χ1v) is 10.2. The van der Waals surface area contributed by atoms with Gasteiger partial charge in [-0.25, -0.2) is 27.8 Å². The largest absolute Gasteiger partial charge is 0.369 e. The molecule has 9 heteroatoms. The molecule has 2 heterocycles. The van der Waals surface area contributed by atoms with E-state index in [1.165, 1.54) is 11.9 Å². The predicted molar refractivity (Wildman–Crippen MR) is 101 cm³/mol. The van der Waals surface area contributed by atoms with Crippen molar-refractivity contribution in [1.82, 2.24) is 24.5 Å². The molecular formula is C17H22N6O2S. The molecule has 2 aromatic heterocycles. The molecule has 138 valence electrons. The highest BCUT2D eigenvalue weighted by Crippen LogP contribution is 2.18. The molecule has 0 radical (unpaired) electrons. The van der Waals surface area contributed by atoms with E-state index < -0.39 is 10.0 Å². The average molecular weight is 374 g/mol. The Morgan fingerprint density at radius 3 is 2.69 bits per heavy atom. The summed E-state index contributed by atoms with van der Waals surface area (Å²) in [5, 5.41) is 8.45. The van der Waals surface area contributed by atoms with E-state index in [0.29, 0.717) is 12.2 Å². The summed E-state index contributed by atoms with van der Waals surface area (Å²) in [4.78, 5) is 8.57. The molecule has 0 amide bonds. The van der Waals surface area contributed by atoms with Gasteiger partial charge in [0.2, 0.25) is 10.0 Å². The van der Waals surface area contributed by atoms with Crippen LogP contribution in [0.3, 0.4) is 0 Å². The Morgan fingerprint density at radius 2 is 1.92 bits per heavy atom. The molecule has 0 aliphatic heterocycles. The Bertz CT molecular complexity index is 956. The summed E-state index contributed by atoms with van der Waals surface area (Å²) < 4.78 is 27.2. The van der Waals surface area contributed by atoms with E-state index in [2.05, 4.69) is 37.2 Å². The number of anilines is 1. The monoisotopic (exact) mass is 374 g/mol. The molecule has 0 saturated carbocycles. The zero-order valence-corrected chi connectivity index (χ0v) is 15.4. The van der Waals surface area contributed by atoms with Gasteiger partial charge in [-0.2, -0.15) is 5.10 Å². The molecule has 0 aliphatic rings.